The molecule has 2 aliphatic rings. The molecule has 40 heteroatoms. The second-order valence-corrected chi connectivity index (χ2v) is 28.9. The van der Waals surface area contributed by atoms with Crippen LogP contribution in [0.3, 0.4) is 0 Å². The van der Waals surface area contributed by atoms with Gasteiger partial charge in [-0.3, -0.25) is 67.8 Å². The number of aryl methyl sites for hydroxylation is 1. The molecule has 8 rings (SSSR count). The normalized spacial score (nSPS) is 23.4. The number of guanidine groups is 1. The van der Waals surface area contributed by atoms with Gasteiger partial charge in [0.2, 0.25) is 59.1 Å². The number of thioether (sulfide) groups is 1. The van der Waals surface area contributed by atoms with E-state index in [2.05, 4.69) is 98.7 Å². The van der Waals surface area contributed by atoms with E-state index in [0.29, 0.717) is 43.4 Å². The first-order chi connectivity index (χ1) is 51.5. The maximum Gasteiger partial charge on any atom is 0.325 e. The van der Waals surface area contributed by atoms with Crippen LogP contribution in [-0.2, 0) is 89.6 Å². The number of urea groups is 1. The van der Waals surface area contributed by atoms with Crippen molar-refractivity contribution in [1.82, 2.24) is 104 Å². The van der Waals surface area contributed by atoms with Gasteiger partial charge in [-0.2, -0.15) is 0 Å². The Morgan fingerprint density at radius 3 is 1.61 bits per heavy atom. The highest BCUT2D eigenvalue weighted by Gasteiger charge is 2.40. The van der Waals surface area contributed by atoms with E-state index in [1.807, 2.05) is 24.3 Å². The molecular formula is C67H89N23O14S3. The maximum absolute atomic E-state index is 15.7. The number of nitrogens with one attached hydrogen (secondary N) is 17. The predicted molar refractivity (Wildman–Crippen MR) is 395 cm³/mol. The summed E-state index contributed by atoms with van der Waals surface area (Å²) >= 11 is 1.07. The zero-order chi connectivity index (χ0) is 76.9. The number of aromatic amines is 4. The smallest absolute Gasteiger partial charge is 0.325 e. The quantitative estimate of drug-likeness (QED) is 0.0134. The standard InChI is InChI=1S/C67H89N23O14S3/c1-3-105-35-90-65(103)64-89-58(97)45(16-10-22-74-66(69)70)81-55(94)44(15-9-21-68)80-56(95)47(19-20-53(91)92)83-60(99)49(24-39-28-71-32-76-39)84-54(93)36(2)79-63(102)52(31-106-107-64)87-57(96)46(18-17-38-27-75-43-14-8-7-13-42(38)43)82-61(100)50(25-40-29-72-33-77-40)86-59(98)48(23-37-11-5-4-6-12-37)85-62(101)51(88-67(90)104)26-41-30-73-34-78-41/h4-8,11-14,27-30,32-34,36,44-52,64,75H,3,9-10,15-26,31,35,68H2,1-2H3,(H,71,76)(H,72,77)(H,73,78)(H,79,102)(H,80,95)(H,81,94)(H,82,100)(H,83,99)(H,84,93)(H,85,101)(H,86,98)(H,87,96)(H,88,104)(H,89,97)(H,91,92)(H4,69,70,74)/t36-,44-,45-,46-,47-,48+,49-,50-,51-,52-,64?/m0/s1. The summed E-state index contributed by atoms with van der Waals surface area (Å²) in [5.74, 6) is -13.7. The molecule has 13 amide bonds. The molecular weight excluding hydrogens is 1450 g/mol. The topological polar surface area (TPSA) is 567 Å². The second-order valence-electron chi connectivity index (χ2n) is 25.1. The van der Waals surface area contributed by atoms with Crippen LogP contribution in [0.15, 0.2) is 98.4 Å². The Kier molecular flexibility index (Phi) is 31.3. The van der Waals surface area contributed by atoms with Crippen LogP contribution in [0, 0.1) is 5.41 Å². The van der Waals surface area contributed by atoms with Crippen LogP contribution in [0.25, 0.3) is 10.9 Å². The molecule has 2 aliphatic heterocycles. The van der Waals surface area contributed by atoms with Crippen molar-refractivity contribution < 1.29 is 67.4 Å². The van der Waals surface area contributed by atoms with Crippen molar-refractivity contribution in [3.63, 3.8) is 0 Å². The Hall–Kier alpha value is -11.0. The van der Waals surface area contributed by atoms with Crippen LogP contribution in [0.4, 0.5) is 4.79 Å². The van der Waals surface area contributed by atoms with Crippen LogP contribution in [-0.4, -0.2) is 224 Å². The molecule has 6 aromatic rings. The minimum atomic E-state index is -1.91. The van der Waals surface area contributed by atoms with Crippen LogP contribution >= 0.6 is 33.3 Å². The number of hydrogen-bond donors (Lipinski definition) is 20. The summed E-state index contributed by atoms with van der Waals surface area (Å²) in [4.78, 5) is 218. The first-order valence-corrected chi connectivity index (χ1v) is 38.0. The third kappa shape index (κ3) is 25.1. The van der Waals surface area contributed by atoms with Gasteiger partial charge in [0, 0.05) is 80.1 Å². The number of fused-ring (bicyclic) bond motifs is 5. The number of H-pyrrole nitrogens is 4. The summed E-state index contributed by atoms with van der Waals surface area (Å²) in [5, 5.41) is 48.3. The van der Waals surface area contributed by atoms with E-state index in [4.69, 9.17) is 16.9 Å². The van der Waals surface area contributed by atoms with E-state index >= 15 is 38.4 Å². The number of carboxylic acid groups (broad SMARTS) is 1. The molecule has 107 heavy (non-hydrogen) atoms. The number of nitrogens with zero attached hydrogens (tertiary/aromatic N) is 4. The van der Waals surface area contributed by atoms with Crippen molar-refractivity contribution >= 4 is 127 Å². The second kappa shape index (κ2) is 41.0. The van der Waals surface area contributed by atoms with Gasteiger partial charge in [-0.05, 0) is 81.4 Å². The average molecular weight is 1540 g/mol. The van der Waals surface area contributed by atoms with Crippen molar-refractivity contribution in [3.8, 4) is 0 Å². The van der Waals surface area contributed by atoms with E-state index in [-0.39, 0.29) is 94.4 Å². The number of imide groups is 1. The number of nitrogens with two attached hydrogens (primary N) is 2. The molecule has 22 N–H and O–H groups in total. The summed E-state index contributed by atoms with van der Waals surface area (Å²) in [7, 11) is 1.28. The molecule has 11 atom stereocenters. The van der Waals surface area contributed by atoms with Crippen molar-refractivity contribution in [3.05, 3.63) is 127 Å². The zero-order valence-corrected chi connectivity index (χ0v) is 61.0. The summed E-state index contributed by atoms with van der Waals surface area (Å²) in [6, 6.07) is -1.52. The monoisotopic (exact) mass is 1540 g/mol. The first kappa shape index (κ1) is 81.7. The van der Waals surface area contributed by atoms with Gasteiger partial charge in [0.25, 0.3) is 5.91 Å². The number of para-hydroxylation sites is 1. The van der Waals surface area contributed by atoms with Crippen LogP contribution in [0.2, 0.25) is 0 Å². The molecule has 1 unspecified atom stereocenters. The number of hydrogen-bond acceptors (Lipinski definition) is 21. The van der Waals surface area contributed by atoms with E-state index in [1.165, 1.54) is 44.5 Å². The van der Waals surface area contributed by atoms with Crippen molar-refractivity contribution in [2.24, 2.45) is 11.5 Å². The third-order valence-corrected chi connectivity index (χ3v) is 20.5. The van der Waals surface area contributed by atoms with E-state index in [9.17, 15) is 29.1 Å². The van der Waals surface area contributed by atoms with Crippen LogP contribution < -0.4 is 75.3 Å². The van der Waals surface area contributed by atoms with Crippen LogP contribution in [0.5, 0.6) is 0 Å². The lowest BCUT2D eigenvalue weighted by Gasteiger charge is -2.30. The molecule has 2 saturated heterocycles. The van der Waals surface area contributed by atoms with E-state index < -0.39 is 173 Å². The van der Waals surface area contributed by atoms with Gasteiger partial charge in [-0.1, -0.05) is 77.0 Å². The Labute approximate surface area is 625 Å². The van der Waals surface area contributed by atoms with Crippen molar-refractivity contribution in [2.75, 3.05) is 30.5 Å². The SMILES string of the molecule is CCSCN1C(=O)N[C@@H](Cc2c[nH]cn2)C(=O)N[C@H](Cc2ccccc2)C(=O)N[C@@H](Cc2c[nH]cn2)C(=O)N[C@@H](CCc2c[nH]c3ccccc23)C(=O)N[C@H]2CSSC(NC(=O)[C@H](CCCNC(=N)N)NC(=O)[C@H](CCCN)NC(=O)[C@H](CCC(=O)O)NC(=O)[C@H](Cc3c[nH]cn3)NC(=O)[C@H](C)NC2=O)C1=O. The highest BCUT2D eigenvalue weighted by molar-refractivity contribution is 8.77. The van der Waals surface area contributed by atoms with Gasteiger partial charge in [-0.25, -0.2) is 19.7 Å². The lowest BCUT2D eigenvalue weighted by atomic mass is 10.0. The number of aromatic nitrogens is 7. The molecule has 574 valence electrons. The van der Waals surface area contributed by atoms with Gasteiger partial charge in [0.15, 0.2) is 11.3 Å². The minimum absolute atomic E-state index is 0.00451. The lowest BCUT2D eigenvalue weighted by Crippen LogP contribution is -2.61. The average Bonchev–Trinajstić information content (AvgIpc) is 1.65. The number of carboxylic acids is 1. The van der Waals surface area contributed by atoms with E-state index in [0.717, 1.165) is 22.7 Å². The molecule has 2 aromatic carbocycles. The van der Waals surface area contributed by atoms with Crippen LogP contribution in [0.1, 0.15) is 87.0 Å². The number of carbonyl (C=O) groups excluding carboxylic acids is 12. The third-order valence-electron chi connectivity index (χ3n) is 17.2. The Morgan fingerprint density at radius 1 is 0.579 bits per heavy atom. The number of imidazole rings is 3. The minimum Gasteiger partial charge on any atom is -0.481 e. The number of benzene rings is 2. The fraction of sp³-hybridized carbons (Fsp3) is 0.448. The van der Waals surface area contributed by atoms with Gasteiger partial charge < -0.3 is 100 Å². The van der Waals surface area contributed by atoms with Gasteiger partial charge >= 0.3 is 12.0 Å². The summed E-state index contributed by atoms with van der Waals surface area (Å²) in [5.41, 5.74) is 14.3. The predicted octanol–water partition coefficient (Wildman–Crippen LogP) is -2.04. The molecule has 4 aromatic heterocycles. The highest BCUT2D eigenvalue weighted by atomic mass is 33.1. The van der Waals surface area contributed by atoms with Crippen molar-refractivity contribution in [2.45, 2.75) is 157 Å². The Morgan fingerprint density at radius 2 is 1.07 bits per heavy atom. The fourth-order valence-corrected chi connectivity index (χ4v) is 14.4. The summed E-state index contributed by atoms with van der Waals surface area (Å²) in [6.07, 6.45) is 7.14. The maximum atomic E-state index is 15.7. The lowest BCUT2D eigenvalue weighted by molar-refractivity contribution is -0.139. The molecule has 2 fully saturated rings. The molecule has 0 saturated carbocycles. The molecule has 6 heterocycles. The number of amides is 13. The van der Waals surface area contributed by atoms with Crippen molar-refractivity contribution in [1.29, 1.82) is 5.41 Å². The van der Waals surface area contributed by atoms with E-state index in [1.54, 1.807) is 43.5 Å². The summed E-state index contributed by atoms with van der Waals surface area (Å²) < 4.78 is 0. The van der Waals surface area contributed by atoms with Gasteiger partial charge in [0.1, 0.15) is 60.4 Å². The largest absolute Gasteiger partial charge is 0.481 e. The number of carbonyl (C=O) groups is 13. The molecule has 0 aliphatic carbocycles. The Balaban J connectivity index is 1.28. The van der Waals surface area contributed by atoms with Gasteiger partial charge in [-0.15, -0.1) is 11.8 Å². The Bertz CT molecular complexity index is 4040. The number of rotatable bonds is 24. The molecule has 37 nitrogen and oxygen atoms in total. The highest BCUT2D eigenvalue weighted by Crippen LogP contribution is 2.29. The zero-order valence-electron chi connectivity index (χ0n) is 58.5. The fourth-order valence-electron chi connectivity index (χ4n) is 11.4. The summed E-state index contributed by atoms with van der Waals surface area (Å²) in [6.45, 7) is 2.92. The molecule has 2 bridgehead atoms. The van der Waals surface area contributed by atoms with Gasteiger partial charge in [0.05, 0.1) is 41.9 Å². The molecule has 0 spiro atoms. The number of aliphatic carboxylic acids is 1. The first-order valence-electron chi connectivity index (χ1n) is 34.5. The molecule has 0 radical (unpaired) electrons.